The van der Waals surface area contributed by atoms with Crippen LogP contribution in [0.1, 0.15) is 40.7 Å². The summed E-state index contributed by atoms with van der Waals surface area (Å²) in [5.41, 5.74) is 6.53. The van der Waals surface area contributed by atoms with Crippen LogP contribution < -0.4 is 15.8 Å². The van der Waals surface area contributed by atoms with Crippen molar-refractivity contribution >= 4 is 17.2 Å². The van der Waals surface area contributed by atoms with Crippen molar-refractivity contribution in [2.24, 2.45) is 0 Å². The summed E-state index contributed by atoms with van der Waals surface area (Å²) in [6, 6.07) is 5.83. The Labute approximate surface area is 175 Å². The van der Waals surface area contributed by atoms with Crippen molar-refractivity contribution in [3.05, 3.63) is 75.1 Å². The zero-order valence-electron chi connectivity index (χ0n) is 17.7. The summed E-state index contributed by atoms with van der Waals surface area (Å²) in [6.45, 7) is 5.63. The molecule has 0 spiro atoms. The lowest BCUT2D eigenvalue weighted by Crippen LogP contribution is -2.30. The second-order valence-corrected chi connectivity index (χ2v) is 7.67. The highest BCUT2D eigenvalue weighted by Crippen LogP contribution is 2.25. The Hall–Kier alpha value is -3.35. The predicted molar refractivity (Wildman–Crippen MR) is 118 cm³/mol. The molecule has 3 aromatic heterocycles. The van der Waals surface area contributed by atoms with Crippen molar-refractivity contribution in [3.8, 4) is 0 Å². The molecule has 0 atom stereocenters. The molecular formula is C23H27N5O2. The van der Waals surface area contributed by atoms with Gasteiger partial charge in [0.25, 0.3) is 11.5 Å². The van der Waals surface area contributed by atoms with Crippen molar-refractivity contribution in [1.82, 2.24) is 19.7 Å². The smallest absolute Gasteiger partial charge is 0.269 e. The third-order valence-corrected chi connectivity index (χ3v) is 5.78. The maximum atomic E-state index is 12.2. The average Bonchev–Trinajstić information content (AvgIpc) is 3.14. The number of amides is 1. The first-order chi connectivity index (χ1) is 14.5. The fourth-order valence-corrected chi connectivity index (χ4v) is 4.03. The lowest BCUT2D eigenvalue weighted by molar-refractivity contribution is 0.0958. The summed E-state index contributed by atoms with van der Waals surface area (Å²) in [4.78, 5) is 33.7. The van der Waals surface area contributed by atoms with Gasteiger partial charge in [0, 0.05) is 38.1 Å². The second kappa shape index (κ2) is 8.18. The number of fused-ring (bicyclic) bond motifs is 1. The molecule has 0 radical (unpaired) electrons. The normalized spacial score (nSPS) is 14.1. The van der Waals surface area contributed by atoms with Gasteiger partial charge < -0.3 is 19.6 Å². The Balaban J connectivity index is 1.50. The molecule has 1 amide bonds. The number of nitrogens with one attached hydrogen (secondary N) is 2. The van der Waals surface area contributed by atoms with Gasteiger partial charge in [0.1, 0.15) is 11.3 Å². The van der Waals surface area contributed by atoms with E-state index < -0.39 is 0 Å². The van der Waals surface area contributed by atoms with E-state index in [9.17, 15) is 9.59 Å². The fraction of sp³-hybridized carbons (Fsp3) is 0.348. The van der Waals surface area contributed by atoms with Crippen LogP contribution in [0.5, 0.6) is 0 Å². The first kappa shape index (κ1) is 19.9. The first-order valence-corrected chi connectivity index (χ1v) is 10.3. The molecule has 0 bridgehead atoms. The predicted octanol–water partition coefficient (Wildman–Crippen LogP) is 2.63. The highest BCUT2D eigenvalue weighted by molar-refractivity contribution is 5.92. The van der Waals surface area contributed by atoms with E-state index >= 15 is 0 Å². The van der Waals surface area contributed by atoms with Crippen LogP contribution in [0.15, 0.2) is 47.0 Å². The van der Waals surface area contributed by atoms with E-state index in [0.29, 0.717) is 5.69 Å². The minimum absolute atomic E-state index is 0.00285. The van der Waals surface area contributed by atoms with Crippen LogP contribution in [0.25, 0.3) is 5.65 Å². The van der Waals surface area contributed by atoms with Gasteiger partial charge in [0.05, 0.1) is 11.4 Å². The van der Waals surface area contributed by atoms with Crippen molar-refractivity contribution in [1.29, 1.82) is 0 Å². The van der Waals surface area contributed by atoms with Gasteiger partial charge in [0.15, 0.2) is 0 Å². The Bertz CT molecular complexity index is 1190. The van der Waals surface area contributed by atoms with Gasteiger partial charge in [0.2, 0.25) is 0 Å². The summed E-state index contributed by atoms with van der Waals surface area (Å²) < 4.78 is 2.01. The van der Waals surface area contributed by atoms with E-state index in [1.54, 1.807) is 13.1 Å². The summed E-state index contributed by atoms with van der Waals surface area (Å²) in [5.74, 6) is -0.172. The number of nitrogens with zero attached hydrogens (tertiary/aromatic N) is 3. The third-order valence-electron chi connectivity index (χ3n) is 5.78. The molecule has 3 aromatic rings. The Morgan fingerprint density at radius 1 is 1.27 bits per heavy atom. The van der Waals surface area contributed by atoms with Gasteiger partial charge in [-0.25, -0.2) is 4.98 Å². The number of aromatic amines is 1. The summed E-state index contributed by atoms with van der Waals surface area (Å²) >= 11 is 0. The molecule has 7 heteroatoms. The van der Waals surface area contributed by atoms with Gasteiger partial charge in [-0.05, 0) is 49.9 Å². The minimum Gasteiger partial charge on any atom is -0.366 e. The molecule has 4 rings (SSSR count). The van der Waals surface area contributed by atoms with Gasteiger partial charge in [-0.3, -0.25) is 9.59 Å². The largest absolute Gasteiger partial charge is 0.366 e. The zero-order valence-corrected chi connectivity index (χ0v) is 17.7. The topological polar surface area (TPSA) is 82.5 Å². The summed E-state index contributed by atoms with van der Waals surface area (Å²) in [7, 11) is 1.61. The lowest BCUT2D eigenvalue weighted by Gasteiger charge is -2.29. The molecule has 1 aliphatic heterocycles. The SMILES string of the molecule is CCc1cn2ccc(CC3=CCN(c4ccc(C(=O)NC)nc4C)CC3)c2[nH]c1=O. The van der Waals surface area contributed by atoms with Crippen molar-refractivity contribution in [2.45, 2.75) is 33.1 Å². The number of anilines is 1. The van der Waals surface area contributed by atoms with Crippen LogP contribution in [-0.2, 0) is 12.8 Å². The number of aryl methyl sites for hydroxylation is 2. The maximum absolute atomic E-state index is 12.2. The maximum Gasteiger partial charge on any atom is 0.269 e. The molecule has 0 aliphatic carbocycles. The number of rotatable bonds is 5. The molecule has 4 heterocycles. The monoisotopic (exact) mass is 405 g/mol. The number of hydrogen-bond donors (Lipinski definition) is 2. The molecule has 0 saturated carbocycles. The standard InChI is InChI=1S/C23H27N5O2/c1-4-17-14-28-12-9-18(21(28)26-22(17)29)13-16-7-10-27(11-8-16)20-6-5-19(23(30)24-3)25-15(20)2/h5-7,9,12,14H,4,8,10-11,13H2,1-3H3,(H,24,30)(H,26,29). The van der Waals surface area contributed by atoms with Crippen LogP contribution in [0.4, 0.5) is 5.69 Å². The Morgan fingerprint density at radius 2 is 2.10 bits per heavy atom. The van der Waals surface area contributed by atoms with Gasteiger partial charge in [-0.2, -0.15) is 0 Å². The van der Waals surface area contributed by atoms with E-state index in [-0.39, 0.29) is 11.5 Å². The molecule has 156 valence electrons. The molecule has 0 aromatic carbocycles. The van der Waals surface area contributed by atoms with Crippen LogP contribution in [0, 0.1) is 6.92 Å². The van der Waals surface area contributed by atoms with Gasteiger partial charge >= 0.3 is 0 Å². The van der Waals surface area contributed by atoms with Crippen LogP contribution in [-0.4, -0.2) is 40.4 Å². The van der Waals surface area contributed by atoms with E-state index in [0.717, 1.165) is 60.5 Å². The van der Waals surface area contributed by atoms with E-state index in [2.05, 4.69) is 32.3 Å². The van der Waals surface area contributed by atoms with E-state index in [4.69, 9.17) is 0 Å². The fourth-order valence-electron chi connectivity index (χ4n) is 4.03. The number of pyridine rings is 1. The molecule has 0 saturated heterocycles. The van der Waals surface area contributed by atoms with Crippen molar-refractivity contribution in [3.63, 3.8) is 0 Å². The van der Waals surface area contributed by atoms with E-state index in [1.807, 2.05) is 36.7 Å². The van der Waals surface area contributed by atoms with E-state index in [1.165, 1.54) is 5.57 Å². The average molecular weight is 406 g/mol. The Morgan fingerprint density at radius 3 is 2.77 bits per heavy atom. The molecule has 0 unspecified atom stereocenters. The third kappa shape index (κ3) is 3.75. The van der Waals surface area contributed by atoms with Crippen molar-refractivity contribution in [2.75, 3.05) is 25.0 Å². The first-order valence-electron chi connectivity index (χ1n) is 10.3. The summed E-state index contributed by atoms with van der Waals surface area (Å²) in [5, 5.41) is 2.61. The Kier molecular flexibility index (Phi) is 5.44. The molecule has 7 nitrogen and oxygen atoms in total. The number of aromatic nitrogens is 3. The van der Waals surface area contributed by atoms with Crippen LogP contribution in [0.3, 0.4) is 0 Å². The molecular weight excluding hydrogens is 378 g/mol. The lowest BCUT2D eigenvalue weighted by atomic mass is 10.0. The molecule has 30 heavy (non-hydrogen) atoms. The second-order valence-electron chi connectivity index (χ2n) is 7.67. The number of hydrogen-bond acceptors (Lipinski definition) is 4. The quantitative estimate of drug-likeness (QED) is 0.640. The summed E-state index contributed by atoms with van der Waals surface area (Å²) in [6.07, 6.45) is 8.70. The van der Waals surface area contributed by atoms with Crippen molar-refractivity contribution < 1.29 is 4.79 Å². The number of carbonyl (C=O) groups is 1. The minimum atomic E-state index is -0.172. The molecule has 1 aliphatic rings. The zero-order chi connectivity index (χ0) is 21.3. The number of H-pyrrole nitrogens is 1. The molecule has 0 fully saturated rings. The highest BCUT2D eigenvalue weighted by Gasteiger charge is 2.17. The van der Waals surface area contributed by atoms with Crippen LogP contribution >= 0.6 is 0 Å². The van der Waals surface area contributed by atoms with Gasteiger partial charge in [-0.15, -0.1) is 0 Å². The highest BCUT2D eigenvalue weighted by atomic mass is 16.1. The van der Waals surface area contributed by atoms with Crippen LogP contribution in [0.2, 0.25) is 0 Å². The molecule has 2 N–H and O–H groups in total. The van der Waals surface area contributed by atoms with Gasteiger partial charge in [-0.1, -0.05) is 18.6 Å². The number of carbonyl (C=O) groups excluding carboxylic acids is 1.